The average Bonchev–Trinajstić information content (AvgIpc) is 2.83. The molecule has 1 amide bonds. The second-order valence-corrected chi connectivity index (χ2v) is 6.88. The first kappa shape index (κ1) is 15.4. The minimum absolute atomic E-state index is 0.115. The number of aryl methyl sites for hydroxylation is 2. The van der Waals surface area contributed by atoms with Crippen molar-refractivity contribution in [2.45, 2.75) is 31.6 Å². The van der Waals surface area contributed by atoms with Crippen molar-refractivity contribution in [3.63, 3.8) is 0 Å². The molecule has 6 heteroatoms. The van der Waals surface area contributed by atoms with Gasteiger partial charge in [0.25, 0.3) is 0 Å². The van der Waals surface area contributed by atoms with Gasteiger partial charge in [0.05, 0.1) is 11.4 Å². The highest BCUT2D eigenvalue weighted by Gasteiger charge is 2.23. The van der Waals surface area contributed by atoms with E-state index in [4.69, 9.17) is 16.1 Å². The first-order valence-corrected chi connectivity index (χ1v) is 8.57. The third-order valence-corrected chi connectivity index (χ3v) is 5.13. The van der Waals surface area contributed by atoms with E-state index in [9.17, 15) is 4.79 Å². The highest BCUT2D eigenvalue weighted by Crippen LogP contribution is 2.36. The molecule has 0 spiro atoms. The van der Waals surface area contributed by atoms with Crippen molar-refractivity contribution in [3.05, 3.63) is 40.2 Å². The lowest BCUT2D eigenvalue weighted by molar-refractivity contribution is -0.118. The van der Waals surface area contributed by atoms with E-state index >= 15 is 0 Å². The van der Waals surface area contributed by atoms with Crippen LogP contribution in [0.4, 0.5) is 5.69 Å². The number of benzene rings is 1. The lowest BCUT2D eigenvalue weighted by Crippen LogP contribution is -2.35. The maximum Gasteiger partial charge on any atom is 0.227 e. The van der Waals surface area contributed by atoms with E-state index in [0.29, 0.717) is 17.9 Å². The predicted molar refractivity (Wildman–Crippen MR) is 88.8 cm³/mol. The van der Waals surface area contributed by atoms with Crippen LogP contribution < -0.4 is 4.90 Å². The molecular weight excluding hydrogens is 320 g/mol. The summed E-state index contributed by atoms with van der Waals surface area (Å²) in [5.41, 5.74) is 2.82. The molecule has 116 valence electrons. The second-order valence-electron chi connectivity index (χ2n) is 5.31. The largest absolute Gasteiger partial charge is 0.361 e. The molecule has 22 heavy (non-hydrogen) atoms. The Bertz CT molecular complexity index is 695. The average molecular weight is 337 g/mol. The Morgan fingerprint density at radius 1 is 1.45 bits per heavy atom. The molecule has 4 nitrogen and oxygen atoms in total. The molecule has 0 saturated carbocycles. The van der Waals surface area contributed by atoms with Crippen molar-refractivity contribution in [2.75, 3.05) is 17.2 Å². The van der Waals surface area contributed by atoms with E-state index in [-0.39, 0.29) is 5.91 Å². The molecule has 3 rings (SSSR count). The van der Waals surface area contributed by atoms with Gasteiger partial charge in [-0.15, -0.1) is 11.8 Å². The van der Waals surface area contributed by atoms with Crippen molar-refractivity contribution < 1.29 is 9.32 Å². The molecular formula is C16H17ClN2O2S. The third-order valence-electron chi connectivity index (χ3n) is 3.86. The number of nitrogens with zero attached hydrogens (tertiary/aromatic N) is 2. The minimum atomic E-state index is 0.115. The number of hydrogen-bond donors (Lipinski definition) is 0. The molecule has 1 aliphatic heterocycles. The van der Waals surface area contributed by atoms with Gasteiger partial charge in [-0.25, -0.2) is 0 Å². The van der Waals surface area contributed by atoms with Crippen LogP contribution in [-0.4, -0.2) is 23.4 Å². The van der Waals surface area contributed by atoms with Crippen LogP contribution >= 0.6 is 23.4 Å². The minimum Gasteiger partial charge on any atom is -0.361 e. The van der Waals surface area contributed by atoms with Crippen molar-refractivity contribution >= 4 is 35.0 Å². The Balaban J connectivity index is 1.75. The van der Waals surface area contributed by atoms with Gasteiger partial charge in [0, 0.05) is 34.2 Å². The Hall–Kier alpha value is -1.46. The number of aromatic nitrogens is 1. The molecule has 0 radical (unpaired) electrons. The highest BCUT2D eigenvalue weighted by molar-refractivity contribution is 7.99. The highest BCUT2D eigenvalue weighted by atomic mass is 35.5. The number of carbonyl (C=O) groups excluding carboxylic acids is 1. The van der Waals surface area contributed by atoms with E-state index in [0.717, 1.165) is 39.9 Å². The van der Waals surface area contributed by atoms with Gasteiger partial charge in [-0.3, -0.25) is 4.79 Å². The van der Waals surface area contributed by atoms with Crippen molar-refractivity contribution in [3.8, 4) is 0 Å². The van der Waals surface area contributed by atoms with Gasteiger partial charge in [0.2, 0.25) is 5.91 Å². The van der Waals surface area contributed by atoms with E-state index in [1.165, 1.54) is 0 Å². The smallest absolute Gasteiger partial charge is 0.227 e. The number of fused-ring (bicyclic) bond motifs is 1. The molecule has 1 aromatic heterocycles. The van der Waals surface area contributed by atoms with Gasteiger partial charge in [0.15, 0.2) is 0 Å². The Labute approximate surface area is 138 Å². The van der Waals surface area contributed by atoms with E-state index < -0.39 is 0 Å². The standard InChI is InChI=1S/C16H17ClN2O2S/c1-10-13(11(2)21-18-10)4-6-16(20)19-7-8-22-15-5-3-12(17)9-14(15)19/h3,5,9H,4,6-8H2,1-2H3. The lowest BCUT2D eigenvalue weighted by atomic mass is 10.1. The predicted octanol–water partition coefficient (Wildman–Crippen LogP) is 4.02. The lowest BCUT2D eigenvalue weighted by Gasteiger charge is -2.29. The fourth-order valence-corrected chi connectivity index (χ4v) is 3.82. The van der Waals surface area contributed by atoms with Crippen molar-refractivity contribution in [1.29, 1.82) is 0 Å². The van der Waals surface area contributed by atoms with Gasteiger partial charge in [-0.2, -0.15) is 0 Å². The summed E-state index contributed by atoms with van der Waals surface area (Å²) in [5, 5.41) is 4.59. The molecule has 0 aliphatic carbocycles. The summed E-state index contributed by atoms with van der Waals surface area (Å²) in [6.45, 7) is 4.51. The summed E-state index contributed by atoms with van der Waals surface area (Å²) in [6.07, 6.45) is 1.10. The monoisotopic (exact) mass is 336 g/mol. The fourth-order valence-electron chi connectivity index (χ4n) is 2.68. The van der Waals surface area contributed by atoms with Crippen LogP contribution in [0.5, 0.6) is 0 Å². The number of carbonyl (C=O) groups is 1. The molecule has 1 aromatic carbocycles. The van der Waals surface area contributed by atoms with Gasteiger partial charge in [-0.1, -0.05) is 16.8 Å². The van der Waals surface area contributed by atoms with Crippen LogP contribution in [0.25, 0.3) is 0 Å². The topological polar surface area (TPSA) is 46.3 Å². The van der Waals surface area contributed by atoms with Crippen LogP contribution in [0, 0.1) is 13.8 Å². The van der Waals surface area contributed by atoms with Crippen molar-refractivity contribution in [2.24, 2.45) is 0 Å². The Morgan fingerprint density at radius 2 is 2.27 bits per heavy atom. The molecule has 2 heterocycles. The SMILES string of the molecule is Cc1noc(C)c1CCC(=O)N1CCSc2ccc(Cl)cc21. The number of rotatable bonds is 3. The molecule has 0 bridgehead atoms. The van der Waals surface area contributed by atoms with Gasteiger partial charge in [0.1, 0.15) is 5.76 Å². The first-order valence-electron chi connectivity index (χ1n) is 7.20. The van der Waals surface area contributed by atoms with Crippen LogP contribution in [0.1, 0.15) is 23.4 Å². The van der Waals surface area contributed by atoms with Gasteiger partial charge in [-0.05, 0) is 38.5 Å². The number of amides is 1. The molecule has 0 atom stereocenters. The van der Waals surface area contributed by atoms with Crippen LogP contribution in [0.3, 0.4) is 0 Å². The van der Waals surface area contributed by atoms with Crippen LogP contribution in [0.2, 0.25) is 5.02 Å². The molecule has 1 aliphatic rings. The quantitative estimate of drug-likeness (QED) is 0.849. The summed E-state index contributed by atoms with van der Waals surface area (Å²) >= 11 is 7.84. The maximum atomic E-state index is 12.6. The number of thioether (sulfide) groups is 1. The van der Waals surface area contributed by atoms with E-state index in [1.54, 1.807) is 11.8 Å². The fraction of sp³-hybridized carbons (Fsp3) is 0.375. The molecule has 0 N–H and O–H groups in total. The molecule has 0 fully saturated rings. The molecule has 0 unspecified atom stereocenters. The summed E-state index contributed by atoms with van der Waals surface area (Å²) in [7, 11) is 0. The maximum absolute atomic E-state index is 12.6. The number of halogens is 1. The zero-order valence-electron chi connectivity index (χ0n) is 12.6. The van der Waals surface area contributed by atoms with Crippen molar-refractivity contribution in [1.82, 2.24) is 5.16 Å². The zero-order valence-corrected chi connectivity index (χ0v) is 14.1. The Kier molecular flexibility index (Phi) is 4.45. The van der Waals surface area contributed by atoms with E-state index in [2.05, 4.69) is 5.16 Å². The summed E-state index contributed by atoms with van der Waals surface area (Å²) in [4.78, 5) is 15.6. The molecule has 2 aromatic rings. The number of anilines is 1. The summed E-state index contributed by atoms with van der Waals surface area (Å²) < 4.78 is 5.15. The summed E-state index contributed by atoms with van der Waals surface area (Å²) in [5.74, 6) is 1.82. The van der Waals surface area contributed by atoms with Crippen LogP contribution in [-0.2, 0) is 11.2 Å². The first-order chi connectivity index (χ1) is 10.6. The number of hydrogen-bond acceptors (Lipinski definition) is 4. The van der Waals surface area contributed by atoms with Gasteiger partial charge < -0.3 is 9.42 Å². The normalized spacial score (nSPS) is 14.0. The Morgan fingerprint density at radius 3 is 3.00 bits per heavy atom. The van der Waals surface area contributed by atoms with Crippen LogP contribution in [0.15, 0.2) is 27.6 Å². The molecule has 0 saturated heterocycles. The zero-order chi connectivity index (χ0) is 15.7. The summed E-state index contributed by atoms with van der Waals surface area (Å²) in [6, 6.07) is 5.72. The van der Waals surface area contributed by atoms with Gasteiger partial charge >= 0.3 is 0 Å². The third kappa shape index (κ3) is 3.01. The van der Waals surface area contributed by atoms with E-state index in [1.807, 2.05) is 36.9 Å². The second kappa shape index (κ2) is 6.34.